The molecule has 824 valence electrons. The van der Waals surface area contributed by atoms with Gasteiger partial charge in [-0.05, 0) is 175 Å². The van der Waals surface area contributed by atoms with Crippen molar-refractivity contribution in [2.75, 3.05) is 143 Å². The predicted molar refractivity (Wildman–Crippen MR) is 555 cm³/mol. The van der Waals surface area contributed by atoms with E-state index < -0.39 is 22.0 Å². The van der Waals surface area contributed by atoms with E-state index in [2.05, 4.69) is 165 Å². The molecule has 0 bridgehead atoms. The van der Waals surface area contributed by atoms with E-state index in [9.17, 15) is 81.3 Å². The summed E-state index contributed by atoms with van der Waals surface area (Å²) in [6.45, 7) is 60.6. The number of amides is 12. The monoisotopic (exact) mass is 2040 g/mol. The van der Waals surface area contributed by atoms with Gasteiger partial charge in [0.05, 0.1) is 107 Å². The smallest absolute Gasteiger partial charge is 0.239 e. The highest BCUT2D eigenvalue weighted by Crippen LogP contribution is 2.50. The van der Waals surface area contributed by atoms with E-state index in [-0.39, 0.29) is 136 Å². The minimum absolute atomic E-state index is 0.0212. The lowest BCUT2D eigenvalue weighted by Crippen LogP contribution is -2.53. The number of piperazine rings is 1. The fourth-order valence-electron chi connectivity index (χ4n) is 17.0. The Hall–Kier alpha value is -7.55. The van der Waals surface area contributed by atoms with Gasteiger partial charge < -0.3 is 97.2 Å². The van der Waals surface area contributed by atoms with Gasteiger partial charge >= 0.3 is 0 Å². The van der Waals surface area contributed by atoms with Crippen molar-refractivity contribution in [1.29, 1.82) is 0 Å². The topological polar surface area (TPSA) is 512 Å². The van der Waals surface area contributed by atoms with Crippen LogP contribution in [0.3, 0.4) is 0 Å². The third-order valence-electron chi connectivity index (χ3n) is 25.9. The van der Waals surface area contributed by atoms with Gasteiger partial charge in [-0.1, -0.05) is 166 Å². The number of carbonyl (C=O) groups is 12. The predicted octanol–water partition coefficient (Wildman–Crippen LogP) is 10.2. The number of hydrogen-bond acceptors (Lipinski definition) is 23. The third-order valence-corrected chi connectivity index (χ3v) is 27.5. The molecule has 2 aliphatic carbocycles. The molecule has 142 heavy (non-hydrogen) atoms. The van der Waals surface area contributed by atoms with E-state index in [1.807, 2.05) is 35.3 Å². The first-order valence-electron chi connectivity index (χ1n) is 53.2. The van der Waals surface area contributed by atoms with Gasteiger partial charge in [-0.3, -0.25) is 57.5 Å². The molecule has 11 rings (SSSR count). The van der Waals surface area contributed by atoms with Crippen LogP contribution < -0.4 is 33.2 Å². The minimum Gasteiger partial charge on any atom is -0.395 e. The molecule has 1 aromatic heterocycles. The Kier molecular flexibility index (Phi) is 64.9. The quantitative estimate of drug-likeness (QED) is 0.0302. The fraction of sp³-hybridized carbons (Fsp3) is 0.867. The summed E-state index contributed by atoms with van der Waals surface area (Å²) >= 11 is 0. The molecule has 1 aromatic rings. The summed E-state index contributed by atoms with van der Waals surface area (Å²) in [5, 5.41) is 48.8. The van der Waals surface area contributed by atoms with Crippen LogP contribution in [0.5, 0.6) is 0 Å². The lowest BCUT2D eigenvalue weighted by molar-refractivity contribution is -0.161. The zero-order valence-electron chi connectivity index (χ0n) is 91.9. The van der Waals surface area contributed by atoms with Crippen LogP contribution in [0, 0.1) is 80.8 Å². The van der Waals surface area contributed by atoms with Crippen molar-refractivity contribution >= 4 is 80.7 Å². The molecular weight excluding hydrogens is 1840 g/mol. The molecule has 2 saturated carbocycles. The van der Waals surface area contributed by atoms with E-state index in [1.165, 1.54) is 6.42 Å². The number of ether oxygens (including phenoxy) is 3. The second-order valence-electron chi connectivity index (χ2n) is 45.0. The number of aromatic nitrogens is 3. The Labute approximate surface area is 853 Å². The Morgan fingerprint density at radius 3 is 1.30 bits per heavy atom. The summed E-state index contributed by atoms with van der Waals surface area (Å²) in [6, 6.07) is 0.282. The van der Waals surface area contributed by atoms with Gasteiger partial charge in [0.25, 0.3) is 0 Å². The Balaban J connectivity index is 0.000000783. The number of likely N-dealkylation sites (tertiary alicyclic amines) is 2. The van der Waals surface area contributed by atoms with Crippen LogP contribution in [0.2, 0.25) is 0 Å². The van der Waals surface area contributed by atoms with Crippen LogP contribution in [-0.4, -0.2) is 311 Å². The van der Waals surface area contributed by atoms with Crippen molar-refractivity contribution in [3.63, 3.8) is 0 Å². The first-order chi connectivity index (χ1) is 66.4. The summed E-state index contributed by atoms with van der Waals surface area (Å²) in [5.41, 5.74) is 15.1. The van der Waals surface area contributed by atoms with Crippen molar-refractivity contribution in [3.05, 3.63) is 12.2 Å². The molecular formula is C105H197N15O21S. The molecule has 9 heterocycles. The molecule has 36 nitrogen and oxygen atoms in total. The first kappa shape index (κ1) is 132. The number of fused-ring (bicyclic) bond motifs is 1. The standard InChI is InChI=1S/C12H23NO2.C11H18N4O.C11H21NO3.C11H21NO2.C10H18N2O2.C9H17NO2.C9H17NO.C8H15NO3S.C8H15NO2.C8H17NO2.C8H15NO/c1-10(2)9-12(3,4)11(14)13-5-7-15-8-6-13;1-9(2)3-4-11(16)14-5-6-15-10(7-14)12-8-13-15;1-8(2)3-4-11(15)12-6-5-9(13)10(14)7-12;1-9(2)5-6-11(14)12-7-3-4-10(13)8-12;1-8(2)3-4-10(14)12-6-5-11-9(13)7-12;1-7(2)3-4-9(11)10-8-5-12-6-8;1-7(2)6-9(8(10)11)4-3-5-9;1-2-3-8(10)9-4-6-13(11,12)7-5-9;1-6(2)3-8(7(9)10)4-11-5-8;1-7(2)3-4-8(11)9-5-6-10;1-6(2)5-8(3-4-8)7(9)10/h10H,5-9H2,1-4H3;8-9H,3-7H2,1-2H3;8-10,13-14H,3-7H2,1-2H3;9-10,13H,3-8H2,1-2H3;8H,3-7H2,1-2H3,(H,11,13);7-8H,3-6H2,1-2H3,(H,10,11);7H,3-6H2,1-2H3,(H2,10,11);2-7H2,1H3;6H,3-5H2,1-2H3,(H2,9,10);7,10H,3-6H2,1-2H3,(H,9,11);6H,3-5H2,1-2H3,(H2,9,10). The Morgan fingerprint density at radius 1 is 0.479 bits per heavy atom. The molecule has 37 heteroatoms. The third kappa shape index (κ3) is 57.0. The van der Waals surface area contributed by atoms with Crippen molar-refractivity contribution < 1.29 is 101 Å². The largest absolute Gasteiger partial charge is 0.395 e. The first-order valence-corrected chi connectivity index (χ1v) is 55.1. The van der Waals surface area contributed by atoms with Crippen LogP contribution in [-0.2, 0) is 94.7 Å². The maximum absolute atomic E-state index is 12.2. The second-order valence-corrected chi connectivity index (χ2v) is 47.3. The Bertz CT molecular complexity index is 3880. The Morgan fingerprint density at radius 2 is 0.923 bits per heavy atom. The number of hydrogen-bond donors (Lipinski definition) is 10. The minimum atomic E-state index is -2.86. The number of aliphatic hydroxyl groups is 4. The maximum atomic E-state index is 12.2. The molecule has 8 aliphatic heterocycles. The molecule has 0 radical (unpaired) electrons. The number of nitrogens with one attached hydrogen (secondary N) is 3. The number of sulfone groups is 1. The highest BCUT2D eigenvalue weighted by Gasteiger charge is 2.49. The van der Waals surface area contributed by atoms with Gasteiger partial charge in [-0.25, -0.2) is 18.1 Å². The van der Waals surface area contributed by atoms with Crippen molar-refractivity contribution in [2.45, 2.75) is 364 Å². The second kappa shape index (κ2) is 69.6. The number of nitrogens with two attached hydrogens (primary N) is 3. The molecule has 0 spiro atoms. The molecule has 9 fully saturated rings. The molecule has 10 aliphatic rings. The average molecular weight is 2040 g/mol. The van der Waals surface area contributed by atoms with Gasteiger partial charge in [0.1, 0.15) is 12.2 Å². The number of primary amides is 3. The summed E-state index contributed by atoms with van der Waals surface area (Å²) in [4.78, 5) is 151. The van der Waals surface area contributed by atoms with Crippen LogP contribution in [0.1, 0.15) is 332 Å². The van der Waals surface area contributed by atoms with Crippen molar-refractivity contribution in [2.24, 2.45) is 98.0 Å². The number of carbonyl (C=O) groups excluding carboxylic acids is 12. The van der Waals surface area contributed by atoms with Crippen molar-refractivity contribution in [3.8, 4) is 0 Å². The molecule has 12 amide bonds. The zero-order valence-corrected chi connectivity index (χ0v) is 92.7. The van der Waals surface area contributed by atoms with Crippen molar-refractivity contribution in [1.82, 2.24) is 60.1 Å². The van der Waals surface area contributed by atoms with Gasteiger partial charge in [0.15, 0.2) is 9.84 Å². The van der Waals surface area contributed by atoms with Crippen LogP contribution in [0.25, 0.3) is 0 Å². The highest BCUT2D eigenvalue weighted by molar-refractivity contribution is 7.91. The number of morpholine rings is 1. The summed E-state index contributed by atoms with van der Waals surface area (Å²) in [7, 11) is -2.86. The summed E-state index contributed by atoms with van der Waals surface area (Å²) in [6.07, 6.45) is 21.6. The molecule has 3 atom stereocenters. The van der Waals surface area contributed by atoms with E-state index in [0.717, 1.165) is 148 Å². The van der Waals surface area contributed by atoms with E-state index >= 15 is 0 Å². The lowest BCUT2D eigenvalue weighted by Gasteiger charge is -2.40. The van der Waals surface area contributed by atoms with Crippen LogP contribution in [0.15, 0.2) is 6.33 Å². The van der Waals surface area contributed by atoms with E-state index in [0.29, 0.717) is 203 Å². The number of β-amino-alcohol motifs (C(OH)–C–C–N with tert-alkyl or cyclic N) is 2. The van der Waals surface area contributed by atoms with Gasteiger partial charge in [-0.15, -0.1) is 0 Å². The number of nitrogens with zero attached hydrogens (tertiary/aromatic N) is 9. The molecule has 0 aromatic carbocycles. The number of aliphatic hydroxyl groups excluding tert-OH is 4. The fourth-order valence-corrected chi connectivity index (χ4v) is 18.2. The summed E-state index contributed by atoms with van der Waals surface area (Å²) < 4.78 is 39.1. The number of piperidine rings is 2. The molecule has 7 saturated heterocycles. The zero-order chi connectivity index (χ0) is 108. The van der Waals surface area contributed by atoms with Crippen LogP contribution in [0.4, 0.5) is 0 Å². The van der Waals surface area contributed by atoms with Gasteiger partial charge in [0.2, 0.25) is 70.9 Å². The van der Waals surface area contributed by atoms with E-state index in [4.69, 9.17) is 36.5 Å². The highest BCUT2D eigenvalue weighted by atomic mass is 32.2. The lowest BCUT2D eigenvalue weighted by atomic mass is 9.64. The summed E-state index contributed by atoms with van der Waals surface area (Å²) in [5.74, 6) is 7.54. The van der Waals surface area contributed by atoms with Gasteiger partial charge in [-0.2, -0.15) is 5.10 Å². The van der Waals surface area contributed by atoms with E-state index in [1.54, 1.807) is 25.9 Å². The SMILES string of the molecule is CC(C)CC(C)(C)C(=O)N1CCOCC1.CC(C)CC1(C(N)=O)CC1.CC(C)CC1(C(N)=O)CCC1.CC(C)CC1(C(N)=O)COC1.CC(C)CCC(=O)N1CCC(O)C(O)C1.CC(C)CCC(=O)N1CCCC(O)C1.CC(C)CCC(=O)N1CCNC(=O)C1.CC(C)CCC(=O)N1CCn2ncnc2C1.CC(C)CCC(=O)NC1COC1.CC(C)CCC(=O)NCCO.CCCC(=O)N1CCS(=O)(=O)CC1. The normalized spacial score (nSPS) is 19.5. The maximum Gasteiger partial charge on any atom is 0.239 e. The number of rotatable bonds is 35. The van der Waals surface area contributed by atoms with Gasteiger partial charge in [0, 0.05) is 140 Å². The molecule has 3 unspecified atom stereocenters. The molecule has 13 N–H and O–H groups in total. The average Bonchev–Trinajstić information content (AvgIpc) is 1.68. The van der Waals surface area contributed by atoms with Crippen LogP contribution >= 0.6 is 0 Å².